The number of ether oxygens (including phenoxy) is 1. The Balaban J connectivity index is 0.00000210. The predicted molar refractivity (Wildman–Crippen MR) is 93.8 cm³/mol. The van der Waals surface area contributed by atoms with Crippen LogP contribution in [0.1, 0.15) is 61.9 Å². The van der Waals surface area contributed by atoms with Gasteiger partial charge in [-0.05, 0) is 12.8 Å². The van der Waals surface area contributed by atoms with E-state index in [4.69, 9.17) is 24.2 Å². The number of carboxylic acid groups (broad SMARTS) is 1. The zero-order chi connectivity index (χ0) is 20.7. The largest absolute Gasteiger partial charge is 0.497 e. The zero-order valence-electron chi connectivity index (χ0n) is 17.2. The highest BCUT2D eigenvalue weighted by Gasteiger charge is 2.10. The van der Waals surface area contributed by atoms with E-state index in [9.17, 15) is 4.79 Å². The maximum atomic E-state index is 11.9. The number of carbonyl (C=O) groups is 2. The van der Waals surface area contributed by atoms with E-state index in [0.29, 0.717) is 13.0 Å². The zero-order valence-corrected chi connectivity index (χ0v) is 14.2. The molecular weight excluding hydrogens is 310 g/mol. The first-order valence-corrected chi connectivity index (χ1v) is 8.26. The van der Waals surface area contributed by atoms with Crippen LogP contribution in [0.2, 0.25) is 0 Å². The number of nitrogens with zero attached hydrogens (tertiary/aromatic N) is 1. The molecule has 0 aliphatic carbocycles. The molecule has 0 aromatic rings. The summed E-state index contributed by atoms with van der Waals surface area (Å²) in [5, 5.41) is 17.2. The smallest absolute Gasteiger partial charge is 0.290 e. The van der Waals surface area contributed by atoms with E-state index in [1.165, 1.54) is 6.42 Å². The van der Waals surface area contributed by atoms with Crippen LogP contribution < -0.4 is 5.32 Å². The molecule has 1 fully saturated rings. The highest BCUT2D eigenvalue weighted by Crippen LogP contribution is 2.10. The molecule has 0 aromatic carbocycles. The maximum absolute atomic E-state index is 11.9. The molecule has 0 aromatic heterocycles. The number of hydrogen-bond donors (Lipinski definition) is 3. The molecule has 0 unspecified atom stereocenters. The molecule has 0 saturated carbocycles. The lowest BCUT2D eigenvalue weighted by Gasteiger charge is -2.21. The van der Waals surface area contributed by atoms with Crippen LogP contribution in [-0.2, 0) is 14.3 Å². The lowest BCUT2D eigenvalue weighted by Crippen LogP contribution is -2.42. The van der Waals surface area contributed by atoms with Crippen molar-refractivity contribution in [2.24, 2.45) is 0 Å². The Morgan fingerprint density at radius 1 is 1.25 bits per heavy atom. The van der Waals surface area contributed by atoms with Crippen molar-refractivity contribution < 1.29 is 23.5 Å². The minimum absolute atomic E-state index is 0.143. The number of amides is 1. The molecular formula is C17H31N3O4. The van der Waals surface area contributed by atoms with Gasteiger partial charge in [-0.2, -0.15) is 0 Å². The van der Waals surface area contributed by atoms with Crippen LogP contribution in [0.15, 0.2) is 12.3 Å². The minimum Gasteiger partial charge on any atom is -0.497 e. The summed E-state index contributed by atoms with van der Waals surface area (Å²) in [6, 6.07) is 0. The SMILES string of the molecule is O=CO.[2H]C([2H])([2H])N1CC(=C)OCCCCCCCCCCC(=O)NC1=N. The normalized spacial score (nSPS) is 21.6. The molecule has 7 heteroatoms. The van der Waals surface area contributed by atoms with Crippen molar-refractivity contribution >= 4 is 18.3 Å². The van der Waals surface area contributed by atoms with Gasteiger partial charge >= 0.3 is 0 Å². The van der Waals surface area contributed by atoms with Crippen molar-refractivity contribution in [3.8, 4) is 0 Å². The molecule has 138 valence electrons. The van der Waals surface area contributed by atoms with Gasteiger partial charge in [0.25, 0.3) is 6.47 Å². The highest BCUT2D eigenvalue weighted by atomic mass is 16.5. The van der Waals surface area contributed by atoms with E-state index >= 15 is 0 Å². The summed E-state index contributed by atoms with van der Waals surface area (Å²) < 4.78 is 28.1. The van der Waals surface area contributed by atoms with Gasteiger partial charge in [0.2, 0.25) is 5.91 Å². The van der Waals surface area contributed by atoms with Crippen molar-refractivity contribution in [3.05, 3.63) is 12.3 Å². The molecule has 1 aliphatic rings. The third-order valence-electron chi connectivity index (χ3n) is 3.47. The third kappa shape index (κ3) is 12.5. The maximum Gasteiger partial charge on any atom is 0.290 e. The molecule has 3 N–H and O–H groups in total. The van der Waals surface area contributed by atoms with Crippen molar-refractivity contribution in [3.63, 3.8) is 0 Å². The monoisotopic (exact) mass is 344 g/mol. The molecule has 1 rings (SSSR count). The van der Waals surface area contributed by atoms with Gasteiger partial charge in [0, 0.05) is 17.5 Å². The lowest BCUT2D eigenvalue weighted by molar-refractivity contribution is -0.123. The van der Waals surface area contributed by atoms with E-state index in [1.807, 2.05) is 0 Å². The van der Waals surface area contributed by atoms with E-state index in [1.54, 1.807) is 0 Å². The van der Waals surface area contributed by atoms with E-state index in [0.717, 1.165) is 49.8 Å². The van der Waals surface area contributed by atoms with Gasteiger partial charge in [0.1, 0.15) is 5.76 Å². The fourth-order valence-corrected chi connectivity index (χ4v) is 2.23. The summed E-state index contributed by atoms with van der Waals surface area (Å²) in [4.78, 5) is 21.1. The Morgan fingerprint density at radius 2 is 1.79 bits per heavy atom. The van der Waals surface area contributed by atoms with Gasteiger partial charge in [-0.1, -0.05) is 45.1 Å². The number of likely N-dealkylation sites (N-methyl/N-ethyl adjacent to an activating group) is 1. The topological polar surface area (TPSA) is 103 Å². The quantitative estimate of drug-likeness (QED) is 0.586. The Labute approximate surface area is 148 Å². The van der Waals surface area contributed by atoms with Gasteiger partial charge in [0.05, 0.1) is 13.2 Å². The summed E-state index contributed by atoms with van der Waals surface area (Å²) >= 11 is 0. The predicted octanol–water partition coefficient (Wildman–Crippen LogP) is 2.72. The van der Waals surface area contributed by atoms with Crippen molar-refractivity contribution in [1.29, 1.82) is 5.41 Å². The molecule has 1 heterocycles. The fourth-order valence-electron chi connectivity index (χ4n) is 2.23. The van der Waals surface area contributed by atoms with Crippen molar-refractivity contribution in [1.82, 2.24) is 10.2 Å². The number of nitrogens with one attached hydrogen (secondary N) is 2. The summed E-state index contributed by atoms with van der Waals surface area (Å²) in [5.41, 5.74) is 0. The summed E-state index contributed by atoms with van der Waals surface area (Å²) in [6.07, 6.45) is 8.61. The average Bonchev–Trinajstić information content (AvgIpc) is 2.56. The van der Waals surface area contributed by atoms with Crippen molar-refractivity contribution in [2.75, 3.05) is 20.1 Å². The number of guanidine groups is 1. The Hall–Kier alpha value is -2.05. The first-order valence-electron chi connectivity index (χ1n) is 9.76. The van der Waals surface area contributed by atoms with Gasteiger partial charge in [0.15, 0.2) is 5.96 Å². The first-order chi connectivity index (χ1) is 12.7. The van der Waals surface area contributed by atoms with Crippen LogP contribution in [0, 0.1) is 5.41 Å². The van der Waals surface area contributed by atoms with E-state index in [-0.39, 0.29) is 24.7 Å². The lowest BCUT2D eigenvalue weighted by atomic mass is 10.1. The number of carbonyl (C=O) groups excluding carboxylic acids is 1. The van der Waals surface area contributed by atoms with Crippen LogP contribution in [0.4, 0.5) is 0 Å². The van der Waals surface area contributed by atoms with Gasteiger partial charge in [-0.25, -0.2) is 0 Å². The second kappa shape index (κ2) is 14.5. The van der Waals surface area contributed by atoms with E-state index < -0.39 is 12.9 Å². The highest BCUT2D eigenvalue weighted by molar-refractivity contribution is 5.95. The Bertz CT molecular complexity index is 485. The summed E-state index contributed by atoms with van der Waals surface area (Å²) in [7, 11) is 0. The Kier molecular flexibility index (Phi) is 10.2. The molecule has 0 bridgehead atoms. The standard InChI is InChI=1S/C16H29N3O2.CH2O2/c1-14-13-19(2)16(17)18-15(20)11-9-7-5-3-4-6-8-10-12-21-14;2-1-3/h1,3-13H2,2H3,(H2,17,18,20);1H,(H,2,3)/i2D3;. The third-order valence-corrected chi connectivity index (χ3v) is 3.47. The molecule has 1 aliphatic heterocycles. The molecule has 1 saturated heterocycles. The molecule has 1 amide bonds. The van der Waals surface area contributed by atoms with Gasteiger partial charge in [-0.15, -0.1) is 0 Å². The van der Waals surface area contributed by atoms with Crippen LogP contribution in [0.3, 0.4) is 0 Å². The first kappa shape index (κ1) is 16.8. The van der Waals surface area contributed by atoms with Crippen molar-refractivity contribution in [2.45, 2.75) is 57.8 Å². The molecule has 24 heavy (non-hydrogen) atoms. The number of rotatable bonds is 0. The molecule has 7 nitrogen and oxygen atoms in total. The van der Waals surface area contributed by atoms with Crippen LogP contribution >= 0.6 is 0 Å². The molecule has 0 atom stereocenters. The second-order valence-electron chi connectivity index (χ2n) is 5.55. The van der Waals surface area contributed by atoms with Crippen LogP contribution in [0.5, 0.6) is 0 Å². The minimum atomic E-state index is -2.54. The second-order valence-corrected chi connectivity index (χ2v) is 5.55. The Morgan fingerprint density at radius 3 is 2.38 bits per heavy atom. The van der Waals surface area contributed by atoms with E-state index in [2.05, 4.69) is 11.9 Å². The summed E-state index contributed by atoms with van der Waals surface area (Å²) in [6.45, 7) is 1.28. The molecule has 0 radical (unpaired) electrons. The van der Waals surface area contributed by atoms with Crippen LogP contribution in [0.25, 0.3) is 0 Å². The van der Waals surface area contributed by atoms with Gasteiger partial charge < -0.3 is 14.7 Å². The summed E-state index contributed by atoms with van der Waals surface area (Å²) in [5.74, 6) is -0.478. The number of hydrogen-bond acceptors (Lipinski definition) is 4. The average molecular weight is 344 g/mol. The van der Waals surface area contributed by atoms with Gasteiger partial charge in [-0.3, -0.25) is 20.3 Å². The van der Waals surface area contributed by atoms with Crippen LogP contribution in [-0.4, -0.2) is 48.5 Å². The fraction of sp³-hybridized carbons (Fsp3) is 0.706. The molecule has 0 spiro atoms.